The number of quaternary nitrogens is 1. The molecule has 17 heavy (non-hydrogen) atoms. The van der Waals surface area contributed by atoms with E-state index in [2.05, 4.69) is 6.19 Å². The highest BCUT2D eigenvalue weighted by Gasteiger charge is 2.50. The molecule has 4 heteroatoms. The summed E-state index contributed by atoms with van der Waals surface area (Å²) in [6.07, 6.45) is 9.64. The van der Waals surface area contributed by atoms with Gasteiger partial charge in [0.25, 0.3) is 0 Å². The van der Waals surface area contributed by atoms with Crippen LogP contribution in [0.1, 0.15) is 32.6 Å². The average molecular weight is 234 g/mol. The zero-order valence-electron chi connectivity index (χ0n) is 10.3. The average Bonchev–Trinajstić information content (AvgIpc) is 2.71. The first-order chi connectivity index (χ1) is 8.12. The number of nitriles is 1. The smallest absolute Gasteiger partial charge is 0.327 e. The van der Waals surface area contributed by atoms with Gasteiger partial charge in [0.05, 0.1) is 5.92 Å². The molecular formula is C13H20N3O+. The van der Waals surface area contributed by atoms with Crippen LogP contribution in [0.3, 0.4) is 0 Å². The minimum Gasteiger partial charge on any atom is -0.327 e. The predicted octanol–water partition coefficient (Wildman–Crippen LogP) is 1.29. The molecule has 1 saturated heterocycles. The van der Waals surface area contributed by atoms with E-state index in [4.69, 9.17) is 5.73 Å². The van der Waals surface area contributed by atoms with Gasteiger partial charge in [-0.1, -0.05) is 12.2 Å². The van der Waals surface area contributed by atoms with E-state index in [0.29, 0.717) is 13.0 Å². The van der Waals surface area contributed by atoms with Gasteiger partial charge in [0.15, 0.2) is 0 Å². The Hall–Kier alpha value is -1.18. The molecule has 4 nitrogen and oxygen atoms in total. The van der Waals surface area contributed by atoms with Crippen LogP contribution < -0.4 is 5.73 Å². The highest BCUT2D eigenvalue weighted by atomic mass is 16.2. The molecule has 0 aromatic heterocycles. The van der Waals surface area contributed by atoms with Crippen LogP contribution in [-0.2, 0) is 4.79 Å². The molecule has 2 aliphatic rings. The SMILES string of the molecule is C[C@@H]1CCC[N+]1(C#N)C(=O)[C@H]1CC=CC[C@@H]1N. The van der Waals surface area contributed by atoms with E-state index < -0.39 is 0 Å². The molecule has 2 rings (SSSR count). The molecule has 0 saturated carbocycles. The van der Waals surface area contributed by atoms with Crippen LogP contribution in [0, 0.1) is 17.4 Å². The van der Waals surface area contributed by atoms with E-state index in [9.17, 15) is 10.1 Å². The number of hydrogen-bond acceptors (Lipinski definition) is 3. The second-order valence-electron chi connectivity index (χ2n) is 5.24. The first-order valence-corrected chi connectivity index (χ1v) is 6.36. The van der Waals surface area contributed by atoms with Gasteiger partial charge >= 0.3 is 12.1 Å². The molecule has 1 fully saturated rings. The Morgan fingerprint density at radius 2 is 2.18 bits per heavy atom. The molecule has 1 aliphatic carbocycles. The maximum atomic E-state index is 12.6. The molecule has 0 spiro atoms. The predicted molar refractivity (Wildman–Crippen MR) is 64.3 cm³/mol. The number of carbonyl (C=O) groups is 1. The maximum absolute atomic E-state index is 12.6. The van der Waals surface area contributed by atoms with Crippen LogP contribution in [0.2, 0.25) is 0 Å². The number of amides is 1. The zero-order chi connectivity index (χ0) is 12.5. The third-order valence-corrected chi connectivity index (χ3v) is 4.26. The quantitative estimate of drug-likeness (QED) is 0.422. The summed E-state index contributed by atoms with van der Waals surface area (Å²) in [6.45, 7) is 2.65. The molecular weight excluding hydrogens is 214 g/mol. The van der Waals surface area contributed by atoms with Crippen molar-refractivity contribution in [3.8, 4) is 6.19 Å². The van der Waals surface area contributed by atoms with Crippen LogP contribution >= 0.6 is 0 Å². The molecule has 0 aromatic rings. The molecule has 2 N–H and O–H groups in total. The van der Waals surface area contributed by atoms with E-state index in [1.807, 2.05) is 19.1 Å². The number of likely N-dealkylation sites (tertiary alicyclic amines) is 1. The van der Waals surface area contributed by atoms with Gasteiger partial charge in [0.2, 0.25) is 0 Å². The van der Waals surface area contributed by atoms with Crippen molar-refractivity contribution in [2.24, 2.45) is 11.7 Å². The molecule has 1 unspecified atom stereocenters. The summed E-state index contributed by atoms with van der Waals surface area (Å²) in [5.74, 6) is -0.144. The van der Waals surface area contributed by atoms with Crippen LogP contribution in [0.25, 0.3) is 0 Å². The summed E-state index contributed by atoms with van der Waals surface area (Å²) >= 11 is 0. The lowest BCUT2D eigenvalue weighted by Gasteiger charge is -2.32. The fourth-order valence-corrected chi connectivity index (χ4v) is 3.02. The van der Waals surface area contributed by atoms with Gasteiger partial charge in [-0.2, -0.15) is 4.48 Å². The Kier molecular flexibility index (Phi) is 3.32. The molecule has 4 atom stereocenters. The zero-order valence-corrected chi connectivity index (χ0v) is 10.3. The number of nitrogens with two attached hydrogens (primary N) is 1. The van der Waals surface area contributed by atoms with E-state index in [1.165, 1.54) is 0 Å². The van der Waals surface area contributed by atoms with Crippen molar-refractivity contribution < 1.29 is 9.28 Å². The molecule has 1 heterocycles. The van der Waals surface area contributed by atoms with Gasteiger partial charge in [-0.05, 0) is 19.8 Å². The van der Waals surface area contributed by atoms with Crippen LogP contribution in [0.5, 0.6) is 0 Å². The van der Waals surface area contributed by atoms with Gasteiger partial charge < -0.3 is 5.73 Å². The number of nitrogens with zero attached hydrogens (tertiary/aromatic N) is 2. The minimum atomic E-state index is -0.180. The van der Waals surface area contributed by atoms with Crippen molar-refractivity contribution in [1.29, 1.82) is 5.26 Å². The second kappa shape index (κ2) is 4.59. The molecule has 0 bridgehead atoms. The lowest BCUT2D eigenvalue weighted by Crippen LogP contribution is -2.56. The molecule has 92 valence electrons. The number of allylic oxidation sites excluding steroid dienone is 1. The summed E-state index contributed by atoms with van der Waals surface area (Å²) < 4.78 is -0.0216. The fraction of sp³-hybridized carbons (Fsp3) is 0.692. The number of carbonyl (C=O) groups excluding carboxylic acids is 1. The summed E-state index contributed by atoms with van der Waals surface area (Å²) in [5, 5.41) is 9.42. The van der Waals surface area contributed by atoms with E-state index in [1.54, 1.807) is 0 Å². The number of rotatable bonds is 1. The Morgan fingerprint density at radius 3 is 2.71 bits per heavy atom. The Bertz CT molecular complexity index is 385. The first kappa shape index (κ1) is 12.3. The molecule has 1 aliphatic heterocycles. The van der Waals surface area contributed by atoms with Crippen molar-refractivity contribution in [1.82, 2.24) is 0 Å². The Morgan fingerprint density at radius 1 is 1.47 bits per heavy atom. The highest BCUT2D eigenvalue weighted by Crippen LogP contribution is 2.31. The third-order valence-electron chi connectivity index (χ3n) is 4.26. The van der Waals surface area contributed by atoms with Crippen LogP contribution in [0.15, 0.2) is 12.2 Å². The maximum Gasteiger partial charge on any atom is 0.333 e. The van der Waals surface area contributed by atoms with Gasteiger partial charge in [-0.25, -0.2) is 4.79 Å². The van der Waals surface area contributed by atoms with E-state index in [-0.39, 0.29) is 28.4 Å². The fourth-order valence-electron chi connectivity index (χ4n) is 3.02. The van der Waals surface area contributed by atoms with Gasteiger partial charge in [0.1, 0.15) is 12.6 Å². The van der Waals surface area contributed by atoms with Gasteiger partial charge in [-0.15, -0.1) is 5.26 Å². The van der Waals surface area contributed by atoms with Crippen molar-refractivity contribution in [2.75, 3.05) is 6.54 Å². The van der Waals surface area contributed by atoms with Gasteiger partial charge in [-0.3, -0.25) is 0 Å². The van der Waals surface area contributed by atoms with E-state index >= 15 is 0 Å². The monoisotopic (exact) mass is 234 g/mol. The topological polar surface area (TPSA) is 66.9 Å². The second-order valence-corrected chi connectivity index (χ2v) is 5.24. The van der Waals surface area contributed by atoms with E-state index in [0.717, 1.165) is 19.3 Å². The lowest BCUT2D eigenvalue weighted by molar-refractivity contribution is -0.801. The van der Waals surface area contributed by atoms with Crippen molar-refractivity contribution in [2.45, 2.75) is 44.7 Å². The Labute approximate surface area is 102 Å². The largest absolute Gasteiger partial charge is 0.333 e. The Balaban J connectivity index is 2.24. The highest BCUT2D eigenvalue weighted by molar-refractivity contribution is 5.74. The first-order valence-electron chi connectivity index (χ1n) is 6.36. The number of hydrogen-bond donors (Lipinski definition) is 1. The summed E-state index contributed by atoms with van der Waals surface area (Å²) in [7, 11) is 0. The normalized spacial score (nSPS) is 41.1. The molecule has 0 aromatic carbocycles. The molecule has 0 radical (unpaired) electrons. The lowest BCUT2D eigenvalue weighted by atomic mass is 9.87. The standard InChI is InChI=1S/C13H20N3O/c1-10-5-4-8-16(10,9-14)13(17)11-6-2-3-7-12(11)15/h2-3,10-12H,4-8,15H2,1H3/q+1/t10-,11+,12+,16?/m1/s1. The summed E-state index contributed by atoms with van der Waals surface area (Å²) in [6, 6.07) is -0.00532. The minimum absolute atomic E-state index is 0.0216. The molecule has 1 amide bonds. The van der Waals surface area contributed by atoms with Crippen LogP contribution in [-0.4, -0.2) is 29.0 Å². The van der Waals surface area contributed by atoms with Gasteiger partial charge in [0, 0.05) is 18.9 Å². The van der Waals surface area contributed by atoms with Crippen molar-refractivity contribution >= 4 is 5.91 Å². The summed E-state index contributed by atoms with van der Waals surface area (Å²) in [5.41, 5.74) is 6.02. The van der Waals surface area contributed by atoms with Crippen LogP contribution in [0.4, 0.5) is 0 Å². The third kappa shape index (κ3) is 1.90. The summed E-state index contributed by atoms with van der Waals surface area (Å²) in [4.78, 5) is 12.6. The van der Waals surface area contributed by atoms with Crippen molar-refractivity contribution in [3.63, 3.8) is 0 Å². The van der Waals surface area contributed by atoms with Crippen molar-refractivity contribution in [3.05, 3.63) is 12.2 Å².